The molecule has 19 heavy (non-hydrogen) atoms. The highest BCUT2D eigenvalue weighted by Crippen LogP contribution is 2.24. The Hall–Kier alpha value is -0.170. The minimum absolute atomic E-state index is 0. The molecule has 1 rings (SSSR count). The summed E-state index contributed by atoms with van der Waals surface area (Å²) in [6.07, 6.45) is -0.404. The molecule has 0 radical (unpaired) electrons. The molecule has 8 heteroatoms. The molecule has 1 aliphatic heterocycles. The number of amides is 1. The first-order valence-electron chi connectivity index (χ1n) is 5.91. The molecule has 0 saturated carbocycles. The van der Waals surface area contributed by atoms with Crippen LogP contribution < -0.4 is 10.6 Å². The highest BCUT2D eigenvalue weighted by molar-refractivity contribution is 5.85. The predicted molar refractivity (Wildman–Crippen MR) is 76.6 cm³/mol. The molecule has 1 aliphatic rings. The van der Waals surface area contributed by atoms with Crippen LogP contribution in [0.5, 0.6) is 0 Å². The Morgan fingerprint density at radius 3 is 2.47 bits per heavy atom. The number of carbonyl (C=O) groups is 1. The minimum atomic E-state index is -2.75. The topological polar surface area (TPSA) is 44.4 Å². The Morgan fingerprint density at radius 1 is 1.47 bits per heavy atom. The molecule has 4 nitrogen and oxygen atoms in total. The number of carbonyl (C=O) groups excluding carboxylic acids is 1. The van der Waals surface area contributed by atoms with Gasteiger partial charge < -0.3 is 10.2 Å². The van der Waals surface area contributed by atoms with E-state index in [2.05, 4.69) is 29.4 Å². The van der Waals surface area contributed by atoms with Gasteiger partial charge in [0, 0.05) is 25.6 Å². The molecule has 2 N–H and O–H groups in total. The van der Waals surface area contributed by atoms with Crippen molar-refractivity contribution in [1.82, 2.24) is 15.5 Å². The lowest BCUT2D eigenvalue weighted by atomic mass is 10.2. The van der Waals surface area contributed by atoms with Gasteiger partial charge in [0.05, 0.1) is 12.6 Å². The molecule has 1 fully saturated rings. The quantitative estimate of drug-likeness (QED) is 0.802. The summed E-state index contributed by atoms with van der Waals surface area (Å²) in [5, 5.41) is 5.20. The summed E-state index contributed by atoms with van der Waals surface area (Å²) in [6, 6.07) is -0.352. The Kier molecular flexibility index (Phi) is 9.89. The van der Waals surface area contributed by atoms with Crippen LogP contribution in [0.25, 0.3) is 0 Å². The summed E-state index contributed by atoms with van der Waals surface area (Å²) in [5.41, 5.74) is 0. The van der Waals surface area contributed by atoms with Gasteiger partial charge in [0.1, 0.15) is 0 Å². The molecule has 116 valence electrons. The van der Waals surface area contributed by atoms with Crippen LogP contribution in [0.1, 0.15) is 20.3 Å². The van der Waals surface area contributed by atoms with Gasteiger partial charge in [0.2, 0.25) is 5.91 Å². The smallest absolute Gasteiger partial charge is 0.262 e. The summed E-state index contributed by atoms with van der Waals surface area (Å²) in [6.45, 7) is 4.91. The Labute approximate surface area is 125 Å². The van der Waals surface area contributed by atoms with Gasteiger partial charge in [-0.2, -0.15) is 0 Å². The van der Waals surface area contributed by atoms with Crippen LogP contribution in [-0.2, 0) is 4.79 Å². The molecule has 0 bridgehead atoms. The second kappa shape index (κ2) is 8.89. The zero-order valence-corrected chi connectivity index (χ0v) is 13.0. The van der Waals surface area contributed by atoms with Gasteiger partial charge in [-0.05, 0) is 20.9 Å². The van der Waals surface area contributed by atoms with Crippen molar-refractivity contribution in [3.05, 3.63) is 0 Å². The first-order chi connectivity index (χ1) is 7.82. The second-order valence-corrected chi connectivity index (χ2v) is 4.86. The van der Waals surface area contributed by atoms with Gasteiger partial charge in [-0.3, -0.25) is 10.1 Å². The molecule has 0 spiro atoms. The maximum Gasteiger partial charge on any atom is 0.262 e. The van der Waals surface area contributed by atoms with Crippen molar-refractivity contribution in [3.8, 4) is 0 Å². The van der Waals surface area contributed by atoms with Crippen LogP contribution in [0.15, 0.2) is 0 Å². The monoisotopic (exact) mass is 321 g/mol. The average Bonchev–Trinajstić information content (AvgIpc) is 2.58. The van der Waals surface area contributed by atoms with Gasteiger partial charge in [-0.25, -0.2) is 8.78 Å². The van der Waals surface area contributed by atoms with Crippen molar-refractivity contribution in [2.24, 2.45) is 0 Å². The van der Waals surface area contributed by atoms with Crippen molar-refractivity contribution in [1.29, 1.82) is 0 Å². The lowest BCUT2D eigenvalue weighted by Crippen LogP contribution is -2.43. The SMILES string of the molecule is CC(C)N(C)CCNC(=O)C1CC(F)(F)CN1.Cl.Cl. The molecule has 0 aromatic heterocycles. The lowest BCUT2D eigenvalue weighted by molar-refractivity contribution is -0.123. The Morgan fingerprint density at radius 2 is 2.05 bits per heavy atom. The minimum Gasteiger partial charge on any atom is -0.353 e. The molecule has 1 unspecified atom stereocenters. The fourth-order valence-corrected chi connectivity index (χ4v) is 1.64. The third-order valence-electron chi connectivity index (χ3n) is 3.07. The van der Waals surface area contributed by atoms with Crippen LogP contribution in [0.4, 0.5) is 8.78 Å². The number of alkyl halides is 2. The van der Waals surface area contributed by atoms with E-state index in [1.165, 1.54) is 0 Å². The van der Waals surface area contributed by atoms with Gasteiger partial charge in [-0.15, -0.1) is 24.8 Å². The normalized spacial score (nSPS) is 20.9. The zero-order chi connectivity index (χ0) is 13.1. The van der Waals surface area contributed by atoms with Gasteiger partial charge in [0.15, 0.2) is 0 Å². The van der Waals surface area contributed by atoms with Gasteiger partial charge in [-0.1, -0.05) is 0 Å². The van der Waals surface area contributed by atoms with Crippen molar-refractivity contribution < 1.29 is 13.6 Å². The number of hydrogen-bond donors (Lipinski definition) is 2. The number of nitrogens with one attached hydrogen (secondary N) is 2. The maximum absolute atomic E-state index is 12.9. The number of halogens is 4. The van der Waals surface area contributed by atoms with E-state index in [1.807, 2.05) is 7.05 Å². The van der Waals surface area contributed by atoms with E-state index in [1.54, 1.807) is 0 Å². The molecular weight excluding hydrogens is 299 g/mol. The molecular formula is C11H23Cl2F2N3O. The van der Waals surface area contributed by atoms with Crippen molar-refractivity contribution >= 4 is 30.7 Å². The van der Waals surface area contributed by atoms with Crippen LogP contribution in [0.3, 0.4) is 0 Å². The van der Waals surface area contributed by atoms with E-state index >= 15 is 0 Å². The van der Waals surface area contributed by atoms with E-state index in [9.17, 15) is 13.6 Å². The number of likely N-dealkylation sites (N-methyl/N-ethyl adjacent to an activating group) is 1. The molecule has 0 aromatic carbocycles. The van der Waals surface area contributed by atoms with Crippen molar-refractivity contribution in [2.45, 2.75) is 38.3 Å². The first-order valence-corrected chi connectivity index (χ1v) is 5.91. The molecule has 1 saturated heterocycles. The highest BCUT2D eigenvalue weighted by Gasteiger charge is 2.42. The molecule has 0 aliphatic carbocycles. The van der Waals surface area contributed by atoms with E-state index in [-0.39, 0.29) is 30.7 Å². The van der Waals surface area contributed by atoms with Crippen molar-refractivity contribution in [2.75, 3.05) is 26.7 Å². The number of nitrogens with zero attached hydrogens (tertiary/aromatic N) is 1. The third-order valence-corrected chi connectivity index (χ3v) is 3.07. The van der Waals surface area contributed by atoms with Crippen LogP contribution in [-0.4, -0.2) is 55.5 Å². The summed E-state index contributed by atoms with van der Waals surface area (Å²) >= 11 is 0. The fraction of sp³-hybridized carbons (Fsp3) is 0.909. The maximum atomic E-state index is 12.9. The Bertz CT molecular complexity index is 281. The highest BCUT2D eigenvalue weighted by atomic mass is 35.5. The molecule has 1 amide bonds. The predicted octanol–water partition coefficient (Wildman–Crippen LogP) is 1.28. The summed E-state index contributed by atoms with van der Waals surface area (Å²) < 4.78 is 25.7. The average molecular weight is 322 g/mol. The molecule has 1 atom stereocenters. The van der Waals surface area contributed by atoms with E-state index in [0.29, 0.717) is 19.1 Å². The second-order valence-electron chi connectivity index (χ2n) is 4.86. The summed E-state index contributed by atoms with van der Waals surface area (Å²) in [4.78, 5) is 13.6. The zero-order valence-electron chi connectivity index (χ0n) is 11.4. The summed E-state index contributed by atoms with van der Waals surface area (Å²) in [5.74, 6) is -3.09. The fourth-order valence-electron chi connectivity index (χ4n) is 1.64. The van der Waals surface area contributed by atoms with Gasteiger partial charge >= 0.3 is 0 Å². The van der Waals surface area contributed by atoms with Crippen molar-refractivity contribution in [3.63, 3.8) is 0 Å². The number of hydrogen-bond acceptors (Lipinski definition) is 3. The van der Waals surface area contributed by atoms with E-state index in [4.69, 9.17) is 0 Å². The standard InChI is InChI=1S/C11H21F2N3O.2ClH/c1-8(2)16(3)5-4-14-10(17)9-6-11(12,13)7-15-9;;/h8-9,15H,4-7H2,1-3H3,(H,14,17);2*1H. The van der Waals surface area contributed by atoms with Crippen LogP contribution >= 0.6 is 24.8 Å². The largest absolute Gasteiger partial charge is 0.353 e. The lowest BCUT2D eigenvalue weighted by Gasteiger charge is -2.21. The van der Waals surface area contributed by atoms with Crippen LogP contribution in [0.2, 0.25) is 0 Å². The molecule has 1 heterocycles. The Balaban J connectivity index is 0. The van der Waals surface area contributed by atoms with Gasteiger partial charge in [0.25, 0.3) is 5.92 Å². The summed E-state index contributed by atoms with van der Waals surface area (Å²) in [7, 11) is 1.96. The van der Waals surface area contributed by atoms with E-state index < -0.39 is 24.9 Å². The first kappa shape index (κ1) is 21.1. The number of rotatable bonds is 5. The third kappa shape index (κ3) is 7.25. The van der Waals surface area contributed by atoms with E-state index in [0.717, 1.165) is 0 Å². The van der Waals surface area contributed by atoms with Crippen LogP contribution in [0, 0.1) is 0 Å². The molecule has 0 aromatic rings.